The third-order valence-electron chi connectivity index (χ3n) is 3.44. The van der Waals surface area contributed by atoms with Crippen molar-refractivity contribution in [2.45, 2.75) is 6.42 Å². The highest BCUT2D eigenvalue weighted by Crippen LogP contribution is 2.33. The molecule has 0 amide bonds. The fourth-order valence-corrected chi connectivity index (χ4v) is 2.77. The van der Waals surface area contributed by atoms with E-state index in [0.29, 0.717) is 21.5 Å². The van der Waals surface area contributed by atoms with Gasteiger partial charge in [-0.05, 0) is 35.9 Å². The first-order valence-electron chi connectivity index (χ1n) is 7.53. The van der Waals surface area contributed by atoms with Crippen molar-refractivity contribution in [2.75, 3.05) is 5.32 Å². The summed E-state index contributed by atoms with van der Waals surface area (Å²) in [7, 11) is 0. The van der Waals surface area contributed by atoms with Crippen LogP contribution >= 0.6 is 23.2 Å². The van der Waals surface area contributed by atoms with Gasteiger partial charge in [-0.3, -0.25) is 9.78 Å². The summed E-state index contributed by atoms with van der Waals surface area (Å²) in [5.74, 6) is 0.0274. The van der Waals surface area contributed by atoms with Crippen molar-refractivity contribution < 1.29 is 9.53 Å². The number of para-hydroxylation sites is 2. The second-order valence-corrected chi connectivity index (χ2v) is 6.03. The van der Waals surface area contributed by atoms with Gasteiger partial charge in [-0.1, -0.05) is 47.5 Å². The minimum absolute atomic E-state index is 0.0974. The van der Waals surface area contributed by atoms with Crippen LogP contribution in [-0.2, 0) is 11.2 Å². The number of nitrogens with zero attached hydrogens (tertiary/aromatic N) is 1. The van der Waals surface area contributed by atoms with Crippen molar-refractivity contribution in [1.29, 1.82) is 0 Å². The number of hydrogen-bond acceptors (Lipinski definition) is 4. The maximum absolute atomic E-state index is 12.2. The third-order valence-corrected chi connectivity index (χ3v) is 4.07. The molecule has 0 unspecified atom stereocenters. The van der Waals surface area contributed by atoms with Gasteiger partial charge in [-0.2, -0.15) is 0 Å². The average Bonchev–Trinajstić information content (AvgIpc) is 2.60. The van der Waals surface area contributed by atoms with Crippen LogP contribution in [0.5, 0.6) is 5.75 Å². The topological polar surface area (TPSA) is 51.2 Å². The lowest BCUT2D eigenvalue weighted by molar-refractivity contribution is -0.133. The van der Waals surface area contributed by atoms with E-state index < -0.39 is 0 Å². The van der Waals surface area contributed by atoms with Crippen LogP contribution in [0.2, 0.25) is 10.0 Å². The summed E-state index contributed by atoms with van der Waals surface area (Å²) in [4.78, 5) is 16.1. The van der Waals surface area contributed by atoms with Crippen LogP contribution < -0.4 is 10.1 Å². The van der Waals surface area contributed by atoms with Gasteiger partial charge in [0.05, 0.1) is 28.4 Å². The molecule has 25 heavy (non-hydrogen) atoms. The molecule has 3 aromatic rings. The van der Waals surface area contributed by atoms with Crippen LogP contribution in [0, 0.1) is 0 Å². The minimum atomic E-state index is -0.382. The van der Waals surface area contributed by atoms with E-state index in [1.54, 1.807) is 36.5 Å². The Morgan fingerprint density at radius 1 is 1.00 bits per heavy atom. The van der Waals surface area contributed by atoms with Gasteiger partial charge in [0.15, 0.2) is 0 Å². The number of carbonyl (C=O) groups excluding carboxylic acids is 1. The number of aromatic nitrogens is 1. The quantitative estimate of drug-likeness (QED) is 0.619. The summed E-state index contributed by atoms with van der Waals surface area (Å²) >= 11 is 12.4. The number of halogens is 2. The zero-order chi connectivity index (χ0) is 17.6. The highest BCUT2D eigenvalue weighted by Gasteiger charge is 2.12. The molecule has 2 aromatic carbocycles. The molecule has 1 N–H and O–H groups in total. The molecule has 0 radical (unpaired) electrons. The molecule has 3 rings (SSSR count). The Labute approximate surface area is 155 Å². The fourth-order valence-electron chi connectivity index (χ4n) is 2.28. The second-order valence-electron chi connectivity index (χ2n) is 5.22. The summed E-state index contributed by atoms with van der Waals surface area (Å²) in [6, 6.07) is 16.1. The Balaban J connectivity index is 1.78. The molecule has 0 saturated heterocycles. The maximum Gasteiger partial charge on any atom is 0.315 e. The molecule has 0 aliphatic carbocycles. The van der Waals surface area contributed by atoms with Gasteiger partial charge in [-0.25, -0.2) is 0 Å². The molecule has 0 fully saturated rings. The van der Waals surface area contributed by atoms with Crippen molar-refractivity contribution >= 4 is 40.5 Å². The van der Waals surface area contributed by atoms with Crippen molar-refractivity contribution in [3.8, 4) is 5.75 Å². The first-order chi connectivity index (χ1) is 12.1. The Hall–Kier alpha value is -2.56. The number of rotatable bonds is 5. The van der Waals surface area contributed by atoms with E-state index in [2.05, 4.69) is 10.3 Å². The molecule has 0 bridgehead atoms. The fraction of sp³-hybridized carbons (Fsp3) is 0.0526. The largest absolute Gasteiger partial charge is 0.425 e. The lowest BCUT2D eigenvalue weighted by atomic mass is 10.1. The van der Waals surface area contributed by atoms with Gasteiger partial charge in [0.1, 0.15) is 5.75 Å². The van der Waals surface area contributed by atoms with E-state index in [1.807, 2.05) is 24.3 Å². The van der Waals surface area contributed by atoms with E-state index in [-0.39, 0.29) is 12.4 Å². The number of carbonyl (C=O) groups is 1. The number of esters is 1. The van der Waals surface area contributed by atoms with E-state index in [4.69, 9.17) is 27.9 Å². The molecule has 0 spiro atoms. The molecule has 1 heterocycles. The number of pyridine rings is 1. The van der Waals surface area contributed by atoms with Crippen LogP contribution in [0.3, 0.4) is 0 Å². The number of nitrogens with one attached hydrogen (secondary N) is 1. The van der Waals surface area contributed by atoms with Crippen molar-refractivity contribution in [1.82, 2.24) is 4.98 Å². The summed E-state index contributed by atoms with van der Waals surface area (Å²) in [6.45, 7) is 0. The number of benzene rings is 2. The van der Waals surface area contributed by atoms with Gasteiger partial charge in [0, 0.05) is 11.9 Å². The zero-order valence-electron chi connectivity index (χ0n) is 13.1. The van der Waals surface area contributed by atoms with Crippen molar-refractivity contribution in [3.63, 3.8) is 0 Å². The van der Waals surface area contributed by atoms with Gasteiger partial charge in [0.25, 0.3) is 0 Å². The Morgan fingerprint density at radius 3 is 2.48 bits per heavy atom. The van der Waals surface area contributed by atoms with Gasteiger partial charge in [0.2, 0.25) is 0 Å². The Kier molecular flexibility index (Phi) is 5.53. The summed E-state index contributed by atoms with van der Waals surface area (Å²) in [5.41, 5.74) is 2.10. The molecular weight excluding hydrogens is 359 g/mol. The van der Waals surface area contributed by atoms with Crippen molar-refractivity contribution in [3.05, 3.63) is 82.6 Å². The second kappa shape index (κ2) is 8.01. The van der Waals surface area contributed by atoms with Crippen molar-refractivity contribution in [2.24, 2.45) is 0 Å². The molecule has 0 saturated carbocycles. The Morgan fingerprint density at radius 2 is 1.76 bits per heavy atom. The maximum atomic E-state index is 12.2. The molecule has 6 heteroatoms. The molecule has 4 nitrogen and oxygen atoms in total. The first kappa shape index (κ1) is 17.3. The predicted molar refractivity (Wildman–Crippen MR) is 99.8 cm³/mol. The van der Waals surface area contributed by atoms with Crippen LogP contribution in [0.1, 0.15) is 5.56 Å². The lowest BCUT2D eigenvalue weighted by Crippen LogP contribution is -2.12. The van der Waals surface area contributed by atoms with Crippen LogP contribution in [0.25, 0.3) is 0 Å². The molecule has 1 aromatic heterocycles. The zero-order valence-corrected chi connectivity index (χ0v) is 14.6. The van der Waals surface area contributed by atoms with Crippen LogP contribution in [0.15, 0.2) is 67.0 Å². The van der Waals surface area contributed by atoms with Gasteiger partial charge in [-0.15, -0.1) is 0 Å². The third kappa shape index (κ3) is 4.50. The van der Waals surface area contributed by atoms with Crippen LogP contribution in [0.4, 0.5) is 11.4 Å². The SMILES string of the molecule is O=C(Cc1ccccc1Nc1c(Cl)cccc1Cl)Oc1cccnc1. The smallest absolute Gasteiger partial charge is 0.315 e. The van der Waals surface area contributed by atoms with Crippen LogP contribution in [-0.4, -0.2) is 11.0 Å². The minimum Gasteiger partial charge on any atom is -0.425 e. The summed E-state index contributed by atoms with van der Waals surface area (Å²) < 4.78 is 5.29. The first-order valence-corrected chi connectivity index (χ1v) is 8.29. The standard InChI is InChI=1S/C19H14Cl2N2O2/c20-15-7-3-8-16(21)19(15)23-17-9-2-1-5-13(17)11-18(24)25-14-6-4-10-22-12-14/h1-10,12,23H,11H2. The van der Waals surface area contributed by atoms with E-state index in [9.17, 15) is 4.79 Å². The van der Waals surface area contributed by atoms with Gasteiger partial charge >= 0.3 is 5.97 Å². The molecular formula is C19H14Cl2N2O2. The number of hydrogen-bond donors (Lipinski definition) is 1. The summed E-state index contributed by atoms with van der Waals surface area (Å²) in [5, 5.41) is 4.19. The summed E-state index contributed by atoms with van der Waals surface area (Å²) in [6.07, 6.45) is 3.20. The molecule has 0 aliphatic heterocycles. The highest BCUT2D eigenvalue weighted by atomic mass is 35.5. The van der Waals surface area contributed by atoms with E-state index >= 15 is 0 Å². The normalized spacial score (nSPS) is 10.3. The van der Waals surface area contributed by atoms with E-state index in [0.717, 1.165) is 11.3 Å². The lowest BCUT2D eigenvalue weighted by Gasteiger charge is -2.14. The Bertz CT molecular complexity index is 865. The molecule has 0 aliphatic rings. The predicted octanol–water partition coefficient (Wildman–Crippen LogP) is 5.28. The average molecular weight is 373 g/mol. The number of ether oxygens (including phenoxy) is 1. The molecule has 126 valence electrons. The highest BCUT2D eigenvalue weighted by molar-refractivity contribution is 6.39. The number of anilines is 2. The monoisotopic (exact) mass is 372 g/mol. The van der Waals surface area contributed by atoms with E-state index in [1.165, 1.54) is 6.20 Å². The molecule has 0 atom stereocenters. The van der Waals surface area contributed by atoms with Gasteiger partial charge < -0.3 is 10.1 Å².